The molecule has 1 heterocycles. The lowest BCUT2D eigenvalue weighted by atomic mass is 10.0. The predicted octanol–water partition coefficient (Wildman–Crippen LogP) is 3.97. The van der Waals surface area contributed by atoms with Crippen molar-refractivity contribution in [2.75, 3.05) is 18.4 Å². The fourth-order valence-electron chi connectivity index (χ4n) is 3.03. The van der Waals surface area contributed by atoms with Gasteiger partial charge in [0.15, 0.2) is 0 Å². The van der Waals surface area contributed by atoms with E-state index in [-0.39, 0.29) is 23.9 Å². The Balaban J connectivity index is 1.77. The minimum absolute atomic E-state index is 0.0848. The van der Waals surface area contributed by atoms with Crippen LogP contribution >= 0.6 is 0 Å². The fourth-order valence-corrected chi connectivity index (χ4v) is 3.03. The summed E-state index contributed by atoms with van der Waals surface area (Å²) in [6.45, 7) is 9.75. The van der Waals surface area contributed by atoms with Gasteiger partial charge in [-0.15, -0.1) is 0 Å². The Morgan fingerprint density at radius 3 is 2.24 bits per heavy atom. The van der Waals surface area contributed by atoms with Crippen LogP contribution in [0.5, 0.6) is 0 Å². The lowest BCUT2D eigenvalue weighted by molar-refractivity contribution is -0.136. The Labute approximate surface area is 151 Å². The summed E-state index contributed by atoms with van der Waals surface area (Å²) in [5, 5.41) is 5.91. The zero-order valence-corrected chi connectivity index (χ0v) is 15.8. The molecule has 1 atom stereocenters. The van der Waals surface area contributed by atoms with Gasteiger partial charge in [0, 0.05) is 30.7 Å². The third-order valence-corrected chi connectivity index (χ3v) is 5.01. The quantitative estimate of drug-likeness (QED) is 0.848. The number of nitrogens with one attached hydrogen (secondary N) is 2. The highest BCUT2D eigenvalue weighted by Gasteiger charge is 2.25. The molecule has 1 aromatic rings. The van der Waals surface area contributed by atoms with E-state index in [4.69, 9.17) is 0 Å². The van der Waals surface area contributed by atoms with Gasteiger partial charge in [-0.05, 0) is 42.9 Å². The zero-order valence-electron chi connectivity index (χ0n) is 15.8. The topological polar surface area (TPSA) is 61.4 Å². The Bertz CT molecular complexity index is 575. The molecule has 0 aliphatic carbocycles. The van der Waals surface area contributed by atoms with E-state index in [0.29, 0.717) is 5.92 Å². The molecule has 0 aromatic heterocycles. The van der Waals surface area contributed by atoms with Crippen LogP contribution in [-0.2, 0) is 4.79 Å². The average Bonchev–Trinajstić information content (AvgIpc) is 2.61. The molecular weight excluding hydrogens is 314 g/mol. The number of likely N-dealkylation sites (tertiary alicyclic amines) is 1. The molecule has 5 heteroatoms. The summed E-state index contributed by atoms with van der Waals surface area (Å²) in [5.41, 5.74) is 2.05. The lowest BCUT2D eigenvalue weighted by Gasteiger charge is -2.33. The second-order valence-electron chi connectivity index (χ2n) is 7.28. The van der Waals surface area contributed by atoms with Gasteiger partial charge in [-0.1, -0.05) is 39.8 Å². The van der Waals surface area contributed by atoms with Crippen molar-refractivity contribution in [3.05, 3.63) is 29.8 Å². The van der Waals surface area contributed by atoms with Crippen LogP contribution in [0.2, 0.25) is 0 Å². The van der Waals surface area contributed by atoms with Gasteiger partial charge in [-0.2, -0.15) is 0 Å². The SMILES string of the molecule is CCC(C)C(=O)N1CCC(NC(=O)Nc2ccc(C(C)C)cc2)CC1. The number of urea groups is 1. The first-order valence-corrected chi connectivity index (χ1v) is 9.37. The van der Waals surface area contributed by atoms with Gasteiger partial charge in [0.2, 0.25) is 5.91 Å². The number of piperidine rings is 1. The second kappa shape index (κ2) is 8.88. The van der Waals surface area contributed by atoms with Crippen LogP contribution in [0.1, 0.15) is 58.4 Å². The number of carbonyl (C=O) groups excluding carboxylic acids is 2. The third kappa shape index (κ3) is 5.48. The molecule has 0 saturated carbocycles. The number of carbonyl (C=O) groups is 2. The van der Waals surface area contributed by atoms with Crippen molar-refractivity contribution in [2.45, 2.75) is 58.9 Å². The van der Waals surface area contributed by atoms with Crippen molar-refractivity contribution in [2.24, 2.45) is 5.92 Å². The van der Waals surface area contributed by atoms with Crippen molar-refractivity contribution in [3.63, 3.8) is 0 Å². The maximum atomic E-state index is 12.2. The molecule has 1 saturated heterocycles. The van der Waals surface area contributed by atoms with Gasteiger partial charge in [-0.3, -0.25) is 4.79 Å². The number of anilines is 1. The van der Waals surface area contributed by atoms with Crippen LogP contribution < -0.4 is 10.6 Å². The first-order valence-electron chi connectivity index (χ1n) is 9.37. The maximum absolute atomic E-state index is 12.2. The van der Waals surface area contributed by atoms with Crippen molar-refractivity contribution in [3.8, 4) is 0 Å². The molecule has 25 heavy (non-hydrogen) atoms. The molecule has 2 rings (SSSR count). The number of hydrogen-bond acceptors (Lipinski definition) is 2. The fraction of sp³-hybridized carbons (Fsp3) is 0.600. The number of hydrogen-bond donors (Lipinski definition) is 2. The molecule has 1 fully saturated rings. The molecule has 1 unspecified atom stereocenters. The Hall–Kier alpha value is -2.04. The van der Waals surface area contributed by atoms with Crippen molar-refractivity contribution < 1.29 is 9.59 Å². The van der Waals surface area contributed by atoms with Crippen LogP contribution in [0.4, 0.5) is 10.5 Å². The van der Waals surface area contributed by atoms with Crippen molar-refractivity contribution >= 4 is 17.6 Å². The Kier molecular flexibility index (Phi) is 6.85. The highest BCUT2D eigenvalue weighted by molar-refractivity contribution is 5.89. The van der Waals surface area contributed by atoms with E-state index in [0.717, 1.165) is 38.0 Å². The molecule has 0 bridgehead atoms. The summed E-state index contributed by atoms with van der Waals surface area (Å²) >= 11 is 0. The zero-order chi connectivity index (χ0) is 18.4. The summed E-state index contributed by atoms with van der Waals surface area (Å²) in [4.78, 5) is 26.3. The number of benzene rings is 1. The van der Waals surface area contributed by atoms with Gasteiger partial charge in [0.05, 0.1) is 0 Å². The van der Waals surface area contributed by atoms with Crippen LogP contribution in [-0.4, -0.2) is 36.0 Å². The average molecular weight is 345 g/mol. The number of amides is 3. The smallest absolute Gasteiger partial charge is 0.319 e. The number of nitrogens with zero attached hydrogens (tertiary/aromatic N) is 1. The third-order valence-electron chi connectivity index (χ3n) is 5.01. The van der Waals surface area contributed by atoms with E-state index in [2.05, 4.69) is 24.5 Å². The molecule has 1 aliphatic rings. The highest BCUT2D eigenvalue weighted by Crippen LogP contribution is 2.18. The van der Waals surface area contributed by atoms with E-state index in [1.54, 1.807) is 0 Å². The molecule has 3 amide bonds. The van der Waals surface area contributed by atoms with Gasteiger partial charge >= 0.3 is 6.03 Å². The van der Waals surface area contributed by atoms with E-state index in [1.807, 2.05) is 43.0 Å². The van der Waals surface area contributed by atoms with E-state index in [1.165, 1.54) is 5.56 Å². The van der Waals surface area contributed by atoms with Gasteiger partial charge in [0.1, 0.15) is 0 Å². The summed E-state index contributed by atoms with van der Waals surface area (Å²) in [7, 11) is 0. The maximum Gasteiger partial charge on any atom is 0.319 e. The van der Waals surface area contributed by atoms with Crippen LogP contribution in [0.15, 0.2) is 24.3 Å². The number of rotatable bonds is 5. The first-order chi connectivity index (χ1) is 11.9. The highest BCUT2D eigenvalue weighted by atomic mass is 16.2. The summed E-state index contributed by atoms with van der Waals surface area (Å²) in [6.07, 6.45) is 2.48. The van der Waals surface area contributed by atoms with E-state index in [9.17, 15) is 9.59 Å². The van der Waals surface area contributed by atoms with Gasteiger partial charge in [0.25, 0.3) is 0 Å². The molecule has 1 aliphatic heterocycles. The molecular formula is C20H31N3O2. The Morgan fingerprint density at radius 2 is 1.72 bits per heavy atom. The normalized spacial score (nSPS) is 16.6. The lowest BCUT2D eigenvalue weighted by Crippen LogP contribution is -2.48. The molecule has 2 N–H and O–H groups in total. The largest absolute Gasteiger partial charge is 0.342 e. The van der Waals surface area contributed by atoms with Crippen molar-refractivity contribution in [1.29, 1.82) is 0 Å². The van der Waals surface area contributed by atoms with Crippen LogP contribution in [0, 0.1) is 5.92 Å². The first kappa shape index (κ1) is 19.3. The molecule has 138 valence electrons. The molecule has 1 aromatic carbocycles. The molecule has 0 spiro atoms. The van der Waals surface area contributed by atoms with E-state index >= 15 is 0 Å². The van der Waals surface area contributed by atoms with Gasteiger partial charge < -0.3 is 15.5 Å². The van der Waals surface area contributed by atoms with Crippen LogP contribution in [0.25, 0.3) is 0 Å². The summed E-state index contributed by atoms with van der Waals surface area (Å²) in [5.74, 6) is 0.795. The standard InChI is InChI=1S/C20H31N3O2/c1-5-15(4)19(24)23-12-10-18(11-13-23)22-20(25)21-17-8-6-16(7-9-17)14(2)3/h6-9,14-15,18H,5,10-13H2,1-4H3,(H2,21,22,25). The predicted molar refractivity (Wildman–Crippen MR) is 102 cm³/mol. The summed E-state index contributed by atoms with van der Waals surface area (Å²) in [6, 6.07) is 7.89. The van der Waals surface area contributed by atoms with E-state index < -0.39 is 0 Å². The monoisotopic (exact) mass is 345 g/mol. The molecule has 5 nitrogen and oxygen atoms in total. The van der Waals surface area contributed by atoms with Gasteiger partial charge in [-0.25, -0.2) is 4.79 Å². The second-order valence-corrected chi connectivity index (χ2v) is 7.28. The van der Waals surface area contributed by atoms with Crippen LogP contribution in [0.3, 0.4) is 0 Å². The minimum Gasteiger partial charge on any atom is -0.342 e. The molecule has 0 radical (unpaired) electrons. The minimum atomic E-state index is -0.177. The summed E-state index contributed by atoms with van der Waals surface area (Å²) < 4.78 is 0. The Morgan fingerprint density at radius 1 is 1.12 bits per heavy atom. The van der Waals surface area contributed by atoms with Crippen molar-refractivity contribution in [1.82, 2.24) is 10.2 Å².